The molecular weight excluding hydrogens is 294 g/mol. The van der Waals surface area contributed by atoms with Gasteiger partial charge in [-0.1, -0.05) is 6.07 Å². The third-order valence-electron chi connectivity index (χ3n) is 3.39. The highest BCUT2D eigenvalue weighted by atomic mass is 16.5. The van der Waals surface area contributed by atoms with Gasteiger partial charge < -0.3 is 19.5 Å². The van der Waals surface area contributed by atoms with Gasteiger partial charge >= 0.3 is 0 Å². The lowest BCUT2D eigenvalue weighted by Gasteiger charge is -2.12. The maximum absolute atomic E-state index is 12.4. The summed E-state index contributed by atoms with van der Waals surface area (Å²) in [4.78, 5) is 12.4. The maximum Gasteiger partial charge on any atom is 0.255 e. The number of methoxy groups -OCH3 is 2. The van der Waals surface area contributed by atoms with Crippen molar-refractivity contribution < 1.29 is 19.0 Å². The van der Waals surface area contributed by atoms with E-state index in [1.807, 2.05) is 19.9 Å². The molecule has 0 aromatic heterocycles. The number of benzene rings is 2. The number of rotatable bonds is 6. The van der Waals surface area contributed by atoms with E-state index in [-0.39, 0.29) is 5.91 Å². The normalized spacial score (nSPS) is 10.1. The summed E-state index contributed by atoms with van der Waals surface area (Å²) in [5, 5.41) is 2.84. The molecule has 2 rings (SSSR count). The van der Waals surface area contributed by atoms with Crippen LogP contribution in [-0.2, 0) is 0 Å². The SMILES string of the molecule is CCOc1ccc(NC(=O)c2ccc(C)c(OC)c2)cc1OC. The molecular formula is C18H21NO4. The summed E-state index contributed by atoms with van der Waals surface area (Å²) in [6, 6.07) is 10.6. The number of hydrogen-bond donors (Lipinski definition) is 1. The summed E-state index contributed by atoms with van der Waals surface area (Å²) < 4.78 is 16.0. The second-order valence-corrected chi connectivity index (χ2v) is 4.94. The summed E-state index contributed by atoms with van der Waals surface area (Å²) in [5.41, 5.74) is 2.14. The topological polar surface area (TPSA) is 56.8 Å². The summed E-state index contributed by atoms with van der Waals surface area (Å²) in [5.74, 6) is 1.69. The van der Waals surface area contributed by atoms with E-state index in [0.29, 0.717) is 35.1 Å². The Labute approximate surface area is 136 Å². The first kappa shape index (κ1) is 16.7. The molecule has 0 radical (unpaired) electrons. The molecule has 0 fully saturated rings. The van der Waals surface area contributed by atoms with E-state index in [4.69, 9.17) is 14.2 Å². The van der Waals surface area contributed by atoms with Crippen molar-refractivity contribution in [2.24, 2.45) is 0 Å². The van der Waals surface area contributed by atoms with E-state index in [1.54, 1.807) is 44.6 Å². The first-order valence-electron chi connectivity index (χ1n) is 7.35. The Morgan fingerprint density at radius 2 is 1.74 bits per heavy atom. The van der Waals surface area contributed by atoms with Gasteiger partial charge in [0, 0.05) is 17.3 Å². The van der Waals surface area contributed by atoms with E-state index in [1.165, 1.54) is 0 Å². The first-order valence-corrected chi connectivity index (χ1v) is 7.35. The van der Waals surface area contributed by atoms with Crippen LogP contribution in [0.5, 0.6) is 17.2 Å². The van der Waals surface area contributed by atoms with E-state index in [0.717, 1.165) is 5.56 Å². The van der Waals surface area contributed by atoms with Crippen LogP contribution < -0.4 is 19.5 Å². The van der Waals surface area contributed by atoms with Gasteiger partial charge in [-0.25, -0.2) is 0 Å². The maximum atomic E-state index is 12.4. The minimum atomic E-state index is -0.213. The number of hydrogen-bond acceptors (Lipinski definition) is 4. The highest BCUT2D eigenvalue weighted by molar-refractivity contribution is 6.04. The van der Waals surface area contributed by atoms with Crippen LogP contribution in [0.25, 0.3) is 0 Å². The molecule has 0 aliphatic carbocycles. The molecule has 0 saturated heterocycles. The molecule has 1 N–H and O–H groups in total. The largest absolute Gasteiger partial charge is 0.496 e. The molecule has 0 saturated carbocycles. The summed E-state index contributed by atoms with van der Waals surface area (Å²) >= 11 is 0. The quantitative estimate of drug-likeness (QED) is 0.884. The Morgan fingerprint density at radius 1 is 1.00 bits per heavy atom. The van der Waals surface area contributed by atoms with E-state index in [9.17, 15) is 4.79 Å². The highest BCUT2D eigenvalue weighted by Gasteiger charge is 2.11. The van der Waals surface area contributed by atoms with Crippen molar-refractivity contribution >= 4 is 11.6 Å². The average Bonchev–Trinajstić information content (AvgIpc) is 2.56. The Hall–Kier alpha value is -2.69. The molecule has 2 aromatic rings. The van der Waals surface area contributed by atoms with Crippen LogP contribution in [0.4, 0.5) is 5.69 Å². The Bertz CT molecular complexity index is 697. The van der Waals surface area contributed by atoms with Crippen LogP contribution in [0.15, 0.2) is 36.4 Å². The van der Waals surface area contributed by atoms with Crippen molar-refractivity contribution in [1.29, 1.82) is 0 Å². The van der Waals surface area contributed by atoms with Gasteiger partial charge in [0.2, 0.25) is 0 Å². The fourth-order valence-corrected chi connectivity index (χ4v) is 2.18. The second-order valence-electron chi connectivity index (χ2n) is 4.94. The molecule has 0 aliphatic rings. The minimum absolute atomic E-state index is 0.213. The van der Waals surface area contributed by atoms with Crippen LogP contribution in [0.2, 0.25) is 0 Å². The molecule has 1 amide bonds. The summed E-state index contributed by atoms with van der Waals surface area (Å²) in [6.45, 7) is 4.38. The zero-order chi connectivity index (χ0) is 16.8. The Kier molecular flexibility index (Phi) is 5.46. The summed E-state index contributed by atoms with van der Waals surface area (Å²) in [6.07, 6.45) is 0. The molecule has 0 heterocycles. The lowest BCUT2D eigenvalue weighted by molar-refractivity contribution is 0.102. The average molecular weight is 315 g/mol. The van der Waals surface area contributed by atoms with Crippen molar-refractivity contribution in [1.82, 2.24) is 0 Å². The van der Waals surface area contributed by atoms with Crippen molar-refractivity contribution in [2.45, 2.75) is 13.8 Å². The number of amides is 1. The zero-order valence-electron chi connectivity index (χ0n) is 13.8. The van der Waals surface area contributed by atoms with E-state index < -0.39 is 0 Å². The van der Waals surface area contributed by atoms with Crippen LogP contribution in [0.3, 0.4) is 0 Å². The van der Waals surface area contributed by atoms with Crippen molar-refractivity contribution in [2.75, 3.05) is 26.1 Å². The molecule has 23 heavy (non-hydrogen) atoms. The highest BCUT2D eigenvalue weighted by Crippen LogP contribution is 2.30. The van der Waals surface area contributed by atoms with Gasteiger partial charge in [-0.05, 0) is 43.7 Å². The molecule has 0 unspecified atom stereocenters. The third-order valence-corrected chi connectivity index (χ3v) is 3.39. The van der Waals surface area contributed by atoms with Crippen LogP contribution >= 0.6 is 0 Å². The number of carbonyl (C=O) groups excluding carboxylic acids is 1. The number of anilines is 1. The monoisotopic (exact) mass is 315 g/mol. The minimum Gasteiger partial charge on any atom is -0.496 e. The van der Waals surface area contributed by atoms with Gasteiger partial charge in [0.25, 0.3) is 5.91 Å². The lowest BCUT2D eigenvalue weighted by atomic mass is 10.1. The molecule has 0 atom stereocenters. The van der Waals surface area contributed by atoms with E-state index in [2.05, 4.69) is 5.32 Å². The van der Waals surface area contributed by atoms with E-state index >= 15 is 0 Å². The smallest absolute Gasteiger partial charge is 0.255 e. The molecule has 0 bridgehead atoms. The molecule has 5 nitrogen and oxygen atoms in total. The second kappa shape index (κ2) is 7.54. The zero-order valence-corrected chi connectivity index (χ0v) is 13.8. The fourth-order valence-electron chi connectivity index (χ4n) is 2.18. The van der Waals surface area contributed by atoms with Gasteiger partial charge in [-0.2, -0.15) is 0 Å². The molecule has 0 spiro atoms. The van der Waals surface area contributed by atoms with Gasteiger partial charge in [-0.15, -0.1) is 0 Å². The molecule has 2 aromatic carbocycles. The Balaban J connectivity index is 2.20. The predicted octanol–water partition coefficient (Wildman–Crippen LogP) is 3.66. The van der Waals surface area contributed by atoms with Crippen molar-refractivity contribution in [3.63, 3.8) is 0 Å². The summed E-state index contributed by atoms with van der Waals surface area (Å²) in [7, 11) is 3.15. The number of nitrogens with one attached hydrogen (secondary N) is 1. The standard InChI is InChI=1S/C18H21NO4/c1-5-23-15-9-8-14(11-17(15)22-4)19-18(20)13-7-6-12(2)16(10-13)21-3/h6-11H,5H2,1-4H3,(H,19,20). The Morgan fingerprint density at radius 3 is 2.39 bits per heavy atom. The predicted molar refractivity (Wildman–Crippen MR) is 89.8 cm³/mol. The van der Waals surface area contributed by atoms with Gasteiger partial charge in [0.05, 0.1) is 20.8 Å². The van der Waals surface area contributed by atoms with Crippen molar-refractivity contribution in [3.8, 4) is 17.2 Å². The number of ether oxygens (including phenoxy) is 3. The van der Waals surface area contributed by atoms with Gasteiger partial charge in [-0.3, -0.25) is 4.79 Å². The molecule has 0 aliphatic heterocycles. The van der Waals surface area contributed by atoms with Crippen LogP contribution in [0.1, 0.15) is 22.8 Å². The fraction of sp³-hybridized carbons (Fsp3) is 0.278. The van der Waals surface area contributed by atoms with Gasteiger partial charge in [0.1, 0.15) is 5.75 Å². The number of carbonyl (C=O) groups is 1. The third kappa shape index (κ3) is 3.94. The lowest BCUT2D eigenvalue weighted by Crippen LogP contribution is -2.12. The first-order chi connectivity index (χ1) is 11.1. The van der Waals surface area contributed by atoms with Crippen molar-refractivity contribution in [3.05, 3.63) is 47.5 Å². The van der Waals surface area contributed by atoms with Crippen LogP contribution in [-0.4, -0.2) is 26.7 Å². The van der Waals surface area contributed by atoms with Crippen LogP contribution in [0, 0.1) is 6.92 Å². The van der Waals surface area contributed by atoms with Gasteiger partial charge in [0.15, 0.2) is 11.5 Å². The molecule has 5 heteroatoms. The number of aryl methyl sites for hydroxylation is 1. The molecule has 122 valence electrons.